The molecular formula is C14H21NO2. The first-order valence-corrected chi connectivity index (χ1v) is 6.39. The van der Waals surface area contributed by atoms with E-state index in [0.29, 0.717) is 0 Å². The van der Waals surface area contributed by atoms with Crippen molar-refractivity contribution >= 4 is 5.69 Å². The smallest absolute Gasteiger partial charge is 0.163 e. The van der Waals surface area contributed by atoms with Crippen LogP contribution in [-0.2, 0) is 0 Å². The van der Waals surface area contributed by atoms with Gasteiger partial charge >= 0.3 is 0 Å². The molecule has 0 aromatic heterocycles. The Balaban J connectivity index is 1.97. The van der Waals surface area contributed by atoms with Crippen LogP contribution in [0.15, 0.2) is 18.2 Å². The third kappa shape index (κ3) is 3.55. The van der Waals surface area contributed by atoms with Gasteiger partial charge in [-0.2, -0.15) is 0 Å². The summed E-state index contributed by atoms with van der Waals surface area (Å²) >= 11 is 0. The third-order valence-corrected chi connectivity index (χ3v) is 2.80. The van der Waals surface area contributed by atoms with Crippen LogP contribution < -0.4 is 14.8 Å². The van der Waals surface area contributed by atoms with Gasteiger partial charge in [0.25, 0.3) is 0 Å². The van der Waals surface area contributed by atoms with Gasteiger partial charge in [-0.05, 0) is 24.5 Å². The minimum absolute atomic E-state index is 0.725. The molecule has 1 aromatic rings. The Labute approximate surface area is 103 Å². The van der Waals surface area contributed by atoms with E-state index in [1.54, 1.807) is 0 Å². The largest absolute Gasteiger partial charge is 0.490 e. The zero-order chi connectivity index (χ0) is 12.1. The van der Waals surface area contributed by atoms with Crippen molar-refractivity contribution in [3.05, 3.63) is 18.2 Å². The van der Waals surface area contributed by atoms with Gasteiger partial charge in [0.15, 0.2) is 11.5 Å². The lowest BCUT2D eigenvalue weighted by Crippen LogP contribution is -2.05. The van der Waals surface area contributed by atoms with Crippen LogP contribution in [0.1, 0.15) is 26.7 Å². The molecular weight excluding hydrogens is 214 g/mol. The third-order valence-electron chi connectivity index (χ3n) is 2.80. The van der Waals surface area contributed by atoms with E-state index in [9.17, 15) is 0 Å². The second-order valence-corrected chi connectivity index (χ2v) is 4.82. The van der Waals surface area contributed by atoms with Gasteiger partial charge in [0.05, 0.1) is 13.2 Å². The van der Waals surface area contributed by atoms with E-state index < -0.39 is 0 Å². The molecule has 0 saturated heterocycles. The number of benzene rings is 1. The lowest BCUT2D eigenvalue weighted by atomic mass is 10.1. The van der Waals surface area contributed by atoms with E-state index in [1.165, 1.54) is 6.42 Å². The molecule has 0 radical (unpaired) electrons. The predicted molar refractivity (Wildman–Crippen MR) is 70.0 cm³/mol. The molecule has 1 aliphatic rings. The van der Waals surface area contributed by atoms with Crippen molar-refractivity contribution in [3.8, 4) is 11.5 Å². The number of fused-ring (bicyclic) bond motifs is 1. The Hall–Kier alpha value is -1.38. The second kappa shape index (κ2) is 5.80. The zero-order valence-corrected chi connectivity index (χ0v) is 10.7. The van der Waals surface area contributed by atoms with Gasteiger partial charge in [-0.25, -0.2) is 0 Å². The molecule has 0 aliphatic carbocycles. The van der Waals surface area contributed by atoms with Crippen LogP contribution in [0.5, 0.6) is 11.5 Å². The summed E-state index contributed by atoms with van der Waals surface area (Å²) in [6.07, 6.45) is 2.12. The summed E-state index contributed by atoms with van der Waals surface area (Å²) in [5, 5.41) is 3.41. The van der Waals surface area contributed by atoms with Gasteiger partial charge < -0.3 is 14.8 Å². The molecule has 0 unspecified atom stereocenters. The van der Waals surface area contributed by atoms with Gasteiger partial charge in [0, 0.05) is 24.7 Å². The quantitative estimate of drug-likeness (QED) is 0.868. The van der Waals surface area contributed by atoms with Crippen LogP contribution >= 0.6 is 0 Å². The lowest BCUT2D eigenvalue weighted by Gasteiger charge is -2.11. The molecule has 2 rings (SSSR count). The summed E-state index contributed by atoms with van der Waals surface area (Å²) in [7, 11) is 0. The van der Waals surface area contributed by atoms with E-state index in [4.69, 9.17) is 9.47 Å². The molecule has 17 heavy (non-hydrogen) atoms. The van der Waals surface area contributed by atoms with E-state index in [2.05, 4.69) is 19.2 Å². The monoisotopic (exact) mass is 235 g/mol. The molecule has 0 atom stereocenters. The molecule has 1 aromatic carbocycles. The highest BCUT2D eigenvalue weighted by molar-refractivity contribution is 5.54. The molecule has 94 valence electrons. The Morgan fingerprint density at radius 2 is 1.94 bits per heavy atom. The Bertz CT molecular complexity index is 363. The minimum atomic E-state index is 0.725. The molecule has 1 aliphatic heterocycles. The average Bonchev–Trinajstić information content (AvgIpc) is 2.53. The van der Waals surface area contributed by atoms with Gasteiger partial charge in [-0.1, -0.05) is 13.8 Å². The van der Waals surface area contributed by atoms with Crippen LogP contribution in [0.2, 0.25) is 0 Å². The minimum Gasteiger partial charge on any atom is -0.490 e. The molecule has 0 fully saturated rings. The molecule has 3 nitrogen and oxygen atoms in total. The normalized spacial score (nSPS) is 14.5. The zero-order valence-electron chi connectivity index (χ0n) is 10.7. The highest BCUT2D eigenvalue weighted by Crippen LogP contribution is 2.32. The van der Waals surface area contributed by atoms with Crippen LogP contribution in [0.25, 0.3) is 0 Å². The molecule has 0 spiro atoms. The average molecular weight is 235 g/mol. The van der Waals surface area contributed by atoms with Crippen molar-refractivity contribution in [1.29, 1.82) is 0 Å². The number of anilines is 1. The summed E-state index contributed by atoms with van der Waals surface area (Å²) in [5.74, 6) is 2.44. The second-order valence-electron chi connectivity index (χ2n) is 4.82. The fourth-order valence-corrected chi connectivity index (χ4v) is 1.78. The predicted octanol–water partition coefficient (Wildman–Crippen LogP) is 3.31. The van der Waals surface area contributed by atoms with Gasteiger partial charge in [0.2, 0.25) is 0 Å². The van der Waals surface area contributed by atoms with E-state index in [-0.39, 0.29) is 0 Å². The van der Waals surface area contributed by atoms with Crippen molar-refractivity contribution in [1.82, 2.24) is 0 Å². The maximum atomic E-state index is 5.65. The van der Waals surface area contributed by atoms with Crippen molar-refractivity contribution in [3.63, 3.8) is 0 Å². The van der Waals surface area contributed by atoms with E-state index in [0.717, 1.165) is 49.3 Å². The number of ether oxygens (including phenoxy) is 2. The fourth-order valence-electron chi connectivity index (χ4n) is 1.78. The summed E-state index contributed by atoms with van der Waals surface area (Å²) in [6.45, 7) is 6.94. The summed E-state index contributed by atoms with van der Waals surface area (Å²) in [5.41, 5.74) is 1.11. The molecule has 0 bridgehead atoms. The molecule has 0 amide bonds. The van der Waals surface area contributed by atoms with Crippen LogP contribution in [0.4, 0.5) is 5.69 Å². The van der Waals surface area contributed by atoms with Crippen LogP contribution in [0.3, 0.4) is 0 Å². The lowest BCUT2D eigenvalue weighted by molar-refractivity contribution is 0.297. The standard InChI is InChI=1S/C14H21NO2/c1-11(2)6-7-15-12-4-5-13-14(10-12)17-9-3-8-16-13/h4-5,10-11,15H,3,6-9H2,1-2H3. The molecule has 0 saturated carbocycles. The van der Waals surface area contributed by atoms with Crippen molar-refractivity contribution in [2.75, 3.05) is 25.1 Å². The number of rotatable bonds is 4. The van der Waals surface area contributed by atoms with Gasteiger partial charge in [-0.15, -0.1) is 0 Å². The number of nitrogens with one attached hydrogen (secondary N) is 1. The Kier molecular flexibility index (Phi) is 4.13. The SMILES string of the molecule is CC(C)CCNc1ccc2c(c1)OCCCO2. The van der Waals surface area contributed by atoms with E-state index in [1.807, 2.05) is 18.2 Å². The van der Waals surface area contributed by atoms with E-state index >= 15 is 0 Å². The molecule has 1 heterocycles. The van der Waals surface area contributed by atoms with Crippen molar-refractivity contribution < 1.29 is 9.47 Å². The number of hydrogen-bond donors (Lipinski definition) is 1. The summed E-state index contributed by atoms with van der Waals surface area (Å²) in [4.78, 5) is 0. The fraction of sp³-hybridized carbons (Fsp3) is 0.571. The highest BCUT2D eigenvalue weighted by atomic mass is 16.5. The highest BCUT2D eigenvalue weighted by Gasteiger charge is 2.10. The summed E-state index contributed by atoms with van der Waals surface area (Å²) < 4.78 is 11.2. The van der Waals surface area contributed by atoms with Crippen LogP contribution in [-0.4, -0.2) is 19.8 Å². The Morgan fingerprint density at radius 1 is 1.18 bits per heavy atom. The van der Waals surface area contributed by atoms with Gasteiger partial charge in [0.1, 0.15) is 0 Å². The van der Waals surface area contributed by atoms with Crippen molar-refractivity contribution in [2.24, 2.45) is 5.92 Å². The Morgan fingerprint density at radius 3 is 2.71 bits per heavy atom. The topological polar surface area (TPSA) is 30.5 Å². The number of hydrogen-bond acceptors (Lipinski definition) is 3. The first kappa shape index (κ1) is 12.1. The first-order chi connectivity index (χ1) is 8.25. The molecule has 1 N–H and O–H groups in total. The van der Waals surface area contributed by atoms with Crippen molar-refractivity contribution in [2.45, 2.75) is 26.7 Å². The first-order valence-electron chi connectivity index (χ1n) is 6.39. The maximum Gasteiger partial charge on any atom is 0.163 e. The summed E-state index contributed by atoms with van der Waals surface area (Å²) in [6, 6.07) is 6.06. The van der Waals surface area contributed by atoms with Gasteiger partial charge in [-0.3, -0.25) is 0 Å². The molecule has 3 heteroatoms. The maximum absolute atomic E-state index is 5.65. The van der Waals surface area contributed by atoms with Crippen LogP contribution in [0, 0.1) is 5.92 Å².